The Morgan fingerprint density at radius 2 is 1.61 bits per heavy atom. The van der Waals surface area contributed by atoms with Gasteiger partial charge in [0.25, 0.3) is 0 Å². The lowest BCUT2D eigenvalue weighted by molar-refractivity contribution is 0.111. The van der Waals surface area contributed by atoms with Crippen LogP contribution in [0, 0.1) is 17.8 Å². The molecule has 0 radical (unpaired) electrons. The Morgan fingerprint density at radius 1 is 1.06 bits per heavy atom. The largest absolute Gasteiger partial charge is 0.330 e. The van der Waals surface area contributed by atoms with Crippen LogP contribution in [0.2, 0.25) is 0 Å². The normalized spacial score (nSPS) is 25.0. The minimum atomic E-state index is 0.733. The molecule has 0 spiro atoms. The molecule has 0 aromatic heterocycles. The van der Waals surface area contributed by atoms with Crippen LogP contribution in [0.4, 0.5) is 0 Å². The summed E-state index contributed by atoms with van der Waals surface area (Å²) in [4.78, 5) is 2.67. The summed E-state index contributed by atoms with van der Waals surface area (Å²) in [5.41, 5.74) is 5.94. The number of nitrogens with zero attached hydrogens (tertiary/aromatic N) is 1. The summed E-state index contributed by atoms with van der Waals surface area (Å²) in [6.45, 7) is 10.2. The lowest BCUT2D eigenvalue weighted by Gasteiger charge is -2.38. The summed E-state index contributed by atoms with van der Waals surface area (Å²) < 4.78 is 0. The Hall–Kier alpha value is -0.0800. The minimum Gasteiger partial charge on any atom is -0.330 e. The molecule has 108 valence electrons. The first-order valence-electron chi connectivity index (χ1n) is 7.87. The van der Waals surface area contributed by atoms with Gasteiger partial charge in [-0.05, 0) is 57.0 Å². The molecule has 0 saturated heterocycles. The van der Waals surface area contributed by atoms with Crippen LogP contribution in [-0.4, -0.2) is 30.6 Å². The monoisotopic (exact) mass is 254 g/mol. The molecule has 0 heterocycles. The Kier molecular flexibility index (Phi) is 6.65. The van der Waals surface area contributed by atoms with Crippen molar-refractivity contribution in [3.63, 3.8) is 0 Å². The van der Waals surface area contributed by atoms with E-state index in [1.165, 1.54) is 32.1 Å². The highest BCUT2D eigenvalue weighted by molar-refractivity contribution is 4.88. The van der Waals surface area contributed by atoms with Gasteiger partial charge in [0.2, 0.25) is 0 Å². The van der Waals surface area contributed by atoms with Crippen molar-refractivity contribution < 1.29 is 0 Å². The fourth-order valence-electron chi connectivity index (χ4n) is 3.62. The second kappa shape index (κ2) is 7.49. The van der Waals surface area contributed by atoms with Crippen molar-refractivity contribution in [3.05, 3.63) is 0 Å². The highest BCUT2D eigenvalue weighted by Crippen LogP contribution is 2.32. The van der Waals surface area contributed by atoms with Crippen LogP contribution < -0.4 is 5.73 Å². The van der Waals surface area contributed by atoms with E-state index in [1.54, 1.807) is 0 Å². The van der Waals surface area contributed by atoms with E-state index in [0.717, 1.165) is 36.4 Å². The first kappa shape index (κ1) is 16.0. The SMILES string of the molecule is CC(C)CC(CC(C)C)N(C)C1CCCC1CN. The molecule has 2 unspecified atom stereocenters. The molecule has 0 aliphatic heterocycles. The molecule has 1 fully saturated rings. The number of nitrogens with two attached hydrogens (primary N) is 1. The predicted molar refractivity (Wildman–Crippen MR) is 80.6 cm³/mol. The average molecular weight is 254 g/mol. The van der Waals surface area contributed by atoms with Crippen molar-refractivity contribution in [2.45, 2.75) is 71.9 Å². The molecular weight excluding hydrogens is 220 g/mol. The lowest BCUT2D eigenvalue weighted by Crippen LogP contribution is -2.45. The highest BCUT2D eigenvalue weighted by Gasteiger charge is 2.32. The van der Waals surface area contributed by atoms with Crippen molar-refractivity contribution in [1.82, 2.24) is 4.90 Å². The van der Waals surface area contributed by atoms with E-state index in [1.807, 2.05) is 0 Å². The molecule has 0 aromatic rings. The molecule has 2 N–H and O–H groups in total. The summed E-state index contributed by atoms with van der Waals surface area (Å²) >= 11 is 0. The molecular formula is C16H34N2. The number of rotatable bonds is 7. The zero-order valence-corrected chi connectivity index (χ0v) is 13.2. The van der Waals surface area contributed by atoms with Crippen molar-refractivity contribution >= 4 is 0 Å². The van der Waals surface area contributed by atoms with Crippen molar-refractivity contribution in [1.29, 1.82) is 0 Å². The molecule has 2 nitrogen and oxygen atoms in total. The average Bonchev–Trinajstić information content (AvgIpc) is 2.73. The highest BCUT2D eigenvalue weighted by atomic mass is 15.2. The zero-order chi connectivity index (χ0) is 13.7. The van der Waals surface area contributed by atoms with Crippen LogP contribution in [0.1, 0.15) is 59.8 Å². The van der Waals surface area contributed by atoms with Crippen LogP contribution in [0.3, 0.4) is 0 Å². The van der Waals surface area contributed by atoms with Gasteiger partial charge in [-0.1, -0.05) is 34.1 Å². The summed E-state index contributed by atoms with van der Waals surface area (Å²) in [5.74, 6) is 2.31. The molecule has 0 bridgehead atoms. The van der Waals surface area contributed by atoms with Gasteiger partial charge < -0.3 is 10.6 Å². The fraction of sp³-hybridized carbons (Fsp3) is 1.00. The van der Waals surface area contributed by atoms with Crippen LogP contribution in [0.5, 0.6) is 0 Å². The standard InChI is InChI=1S/C16H34N2/c1-12(2)9-15(10-13(3)4)18(5)16-8-6-7-14(16)11-17/h12-16H,6-11,17H2,1-5H3. The van der Waals surface area contributed by atoms with Crippen LogP contribution in [-0.2, 0) is 0 Å². The maximum atomic E-state index is 5.94. The van der Waals surface area contributed by atoms with Gasteiger partial charge in [0, 0.05) is 12.1 Å². The second-order valence-electron chi connectivity index (χ2n) is 7.07. The van der Waals surface area contributed by atoms with Crippen molar-refractivity contribution in [3.8, 4) is 0 Å². The van der Waals surface area contributed by atoms with Gasteiger partial charge in [-0.25, -0.2) is 0 Å². The summed E-state index contributed by atoms with van der Waals surface area (Å²) in [5, 5.41) is 0. The van der Waals surface area contributed by atoms with Gasteiger partial charge in [0.15, 0.2) is 0 Å². The molecule has 0 aromatic carbocycles. The smallest absolute Gasteiger partial charge is 0.0135 e. The van der Waals surface area contributed by atoms with Crippen molar-refractivity contribution in [2.75, 3.05) is 13.6 Å². The second-order valence-corrected chi connectivity index (χ2v) is 7.07. The number of hydrogen-bond acceptors (Lipinski definition) is 2. The van der Waals surface area contributed by atoms with Gasteiger partial charge >= 0.3 is 0 Å². The third kappa shape index (κ3) is 4.55. The fourth-order valence-corrected chi connectivity index (χ4v) is 3.62. The molecule has 2 heteroatoms. The van der Waals surface area contributed by atoms with E-state index in [2.05, 4.69) is 39.6 Å². The molecule has 0 amide bonds. The van der Waals surface area contributed by atoms with E-state index in [9.17, 15) is 0 Å². The van der Waals surface area contributed by atoms with Gasteiger partial charge in [-0.2, -0.15) is 0 Å². The van der Waals surface area contributed by atoms with Gasteiger partial charge in [0.1, 0.15) is 0 Å². The van der Waals surface area contributed by atoms with Gasteiger partial charge in [-0.15, -0.1) is 0 Å². The van der Waals surface area contributed by atoms with Crippen LogP contribution in [0.25, 0.3) is 0 Å². The Bertz CT molecular complexity index is 215. The summed E-state index contributed by atoms with van der Waals surface area (Å²) in [6.07, 6.45) is 6.70. The zero-order valence-electron chi connectivity index (χ0n) is 13.2. The minimum absolute atomic E-state index is 0.733. The molecule has 1 aliphatic rings. The molecule has 1 saturated carbocycles. The van der Waals surface area contributed by atoms with E-state index >= 15 is 0 Å². The topological polar surface area (TPSA) is 29.3 Å². The van der Waals surface area contributed by atoms with Crippen molar-refractivity contribution in [2.24, 2.45) is 23.5 Å². The maximum absolute atomic E-state index is 5.94. The van der Waals surface area contributed by atoms with Crippen LogP contribution in [0.15, 0.2) is 0 Å². The molecule has 18 heavy (non-hydrogen) atoms. The van der Waals surface area contributed by atoms with E-state index in [-0.39, 0.29) is 0 Å². The van der Waals surface area contributed by atoms with E-state index < -0.39 is 0 Å². The maximum Gasteiger partial charge on any atom is 0.0135 e. The summed E-state index contributed by atoms with van der Waals surface area (Å²) in [7, 11) is 2.34. The lowest BCUT2D eigenvalue weighted by atomic mass is 9.92. The number of hydrogen-bond donors (Lipinski definition) is 1. The van der Waals surface area contributed by atoms with E-state index in [4.69, 9.17) is 5.73 Å². The Balaban J connectivity index is 2.64. The molecule has 1 aliphatic carbocycles. The third-order valence-corrected chi connectivity index (χ3v) is 4.51. The van der Waals surface area contributed by atoms with Gasteiger partial charge in [0.05, 0.1) is 0 Å². The third-order valence-electron chi connectivity index (χ3n) is 4.51. The first-order valence-corrected chi connectivity index (χ1v) is 7.87. The van der Waals surface area contributed by atoms with Crippen LogP contribution >= 0.6 is 0 Å². The quantitative estimate of drug-likeness (QED) is 0.753. The van der Waals surface area contributed by atoms with E-state index in [0.29, 0.717) is 0 Å². The molecule has 1 rings (SSSR count). The predicted octanol–water partition coefficient (Wildman–Crippen LogP) is 3.51. The summed E-state index contributed by atoms with van der Waals surface area (Å²) in [6, 6.07) is 1.47. The van der Waals surface area contributed by atoms with Gasteiger partial charge in [-0.3, -0.25) is 0 Å². The first-order chi connectivity index (χ1) is 8.45. The molecule has 2 atom stereocenters. The Morgan fingerprint density at radius 3 is 2.06 bits per heavy atom. The Labute approximate surface area is 114 Å².